The number of unbranched alkanes of at least 4 members (excludes halogenated alkanes) is 7. The summed E-state index contributed by atoms with van der Waals surface area (Å²) in [5, 5.41) is 0. The summed E-state index contributed by atoms with van der Waals surface area (Å²) in [6.45, 7) is 2.24. The van der Waals surface area contributed by atoms with Gasteiger partial charge in [-0.15, -0.1) is 0 Å². The van der Waals surface area contributed by atoms with E-state index in [9.17, 15) is 4.39 Å². The Morgan fingerprint density at radius 2 is 1.38 bits per heavy atom. The monoisotopic (exact) mass is 294 g/mol. The summed E-state index contributed by atoms with van der Waals surface area (Å²) in [5.41, 5.74) is 0. The quantitative estimate of drug-likeness (QED) is 0.446. The van der Waals surface area contributed by atoms with Gasteiger partial charge >= 0.3 is 96.2 Å². The van der Waals surface area contributed by atoms with Crippen molar-refractivity contribution in [1.82, 2.24) is 0 Å². The van der Waals surface area contributed by atoms with Crippen molar-refractivity contribution in [2.24, 2.45) is 0 Å². The number of halogens is 1. The Balaban J connectivity index is 2.84. The van der Waals surface area contributed by atoms with E-state index in [1.54, 1.807) is 0 Å². The molecule has 0 aromatic heterocycles. The molecule has 0 fully saturated rings. The molecule has 0 saturated heterocycles. The van der Waals surface area contributed by atoms with Crippen LogP contribution in [-0.4, -0.2) is 27.1 Å². The molecule has 2 radical (unpaired) electrons. The molecule has 0 bridgehead atoms. The molecule has 0 amide bonds. The van der Waals surface area contributed by atoms with E-state index >= 15 is 0 Å². The summed E-state index contributed by atoms with van der Waals surface area (Å²) in [7, 11) is 0. The van der Waals surface area contributed by atoms with Crippen LogP contribution in [0.25, 0.3) is 0 Å². The average molecular weight is 295 g/mol. The van der Waals surface area contributed by atoms with E-state index in [1.165, 1.54) is 68.0 Å². The maximum absolute atomic E-state index is 12.4. The van der Waals surface area contributed by atoms with E-state index in [2.05, 4.69) is 6.92 Å². The van der Waals surface area contributed by atoms with Gasteiger partial charge < -0.3 is 0 Å². The zero-order valence-electron chi connectivity index (χ0n) is 8.77. The number of hydrogen-bond donors (Lipinski definition) is 0. The van der Waals surface area contributed by atoms with Crippen LogP contribution < -0.4 is 0 Å². The van der Waals surface area contributed by atoms with Gasteiger partial charge in [0.25, 0.3) is 0 Å². The Labute approximate surface area is 96.2 Å². The van der Waals surface area contributed by atoms with Crippen molar-refractivity contribution in [3.05, 3.63) is 0 Å². The summed E-state index contributed by atoms with van der Waals surface area (Å²) in [6.07, 6.45) is 11.2. The molecule has 0 spiro atoms. The predicted octanol–water partition coefficient (Wildman–Crippen LogP) is 3.98. The van der Waals surface area contributed by atoms with Gasteiger partial charge in [0.1, 0.15) is 0 Å². The van der Waals surface area contributed by atoms with Crippen LogP contribution in [0.15, 0.2) is 0 Å². The van der Waals surface area contributed by atoms with E-state index in [0.29, 0.717) is 0 Å². The summed E-state index contributed by atoms with van der Waals surface area (Å²) in [6, 6.07) is 0. The fourth-order valence-electron chi connectivity index (χ4n) is 1.45. The summed E-state index contributed by atoms with van der Waals surface area (Å²) in [4.78, 5) is 0. The Morgan fingerprint density at radius 3 is 1.85 bits per heavy atom. The van der Waals surface area contributed by atoms with Crippen molar-refractivity contribution in [2.45, 2.75) is 68.8 Å². The van der Waals surface area contributed by atoms with Gasteiger partial charge in [0, 0.05) is 0 Å². The van der Waals surface area contributed by atoms with Crippen LogP contribution in [0.1, 0.15) is 64.7 Å². The van der Waals surface area contributed by atoms with Crippen molar-refractivity contribution in [3.63, 3.8) is 0 Å². The molecule has 0 aliphatic carbocycles. The maximum atomic E-state index is 12.4. The van der Waals surface area contributed by atoms with Gasteiger partial charge in [-0.3, -0.25) is 0 Å². The van der Waals surface area contributed by atoms with E-state index in [4.69, 9.17) is 0 Å². The molecule has 0 rings (SSSR count). The molecule has 0 saturated carbocycles. The van der Waals surface area contributed by atoms with Crippen LogP contribution in [-0.2, 0) is 0 Å². The molecule has 0 aromatic rings. The molecule has 1 unspecified atom stereocenters. The normalized spacial score (nSPS) is 13.2. The molecule has 2 heteroatoms. The molecule has 78 valence electrons. The second-order valence-electron chi connectivity index (χ2n) is 3.70. The fraction of sp³-hybridized carbons (Fsp3) is 1.00. The Kier molecular flexibility index (Phi) is 11.4. The third kappa shape index (κ3) is 12.7. The van der Waals surface area contributed by atoms with Crippen molar-refractivity contribution >= 4 is 23.0 Å². The Hall–Kier alpha value is 0.748. The topological polar surface area (TPSA) is 0 Å². The Morgan fingerprint density at radius 1 is 0.923 bits per heavy atom. The third-order valence-electron chi connectivity index (χ3n) is 2.30. The van der Waals surface area contributed by atoms with Gasteiger partial charge in [-0.2, -0.15) is 0 Å². The molecule has 0 aromatic carbocycles. The molecular formula is C11H22FSb. The second-order valence-corrected chi connectivity index (χ2v) is 5.30. The molecule has 0 nitrogen and oxygen atoms in total. The van der Waals surface area contributed by atoms with Gasteiger partial charge in [0.15, 0.2) is 0 Å². The summed E-state index contributed by atoms with van der Waals surface area (Å²) >= 11 is 1.32. The first-order valence-corrected chi connectivity index (χ1v) is 7.07. The van der Waals surface area contributed by atoms with E-state index in [-0.39, 0.29) is 0 Å². The molecular weight excluding hydrogens is 273 g/mol. The summed E-state index contributed by atoms with van der Waals surface area (Å²) in [5.74, 6) is 0. The molecule has 1 atom stereocenters. The fourth-order valence-corrected chi connectivity index (χ4v) is 1.97. The van der Waals surface area contributed by atoms with Crippen LogP contribution in [0.2, 0.25) is 0 Å². The van der Waals surface area contributed by atoms with E-state index in [0.717, 1.165) is 12.8 Å². The molecule has 0 heterocycles. The zero-order valence-corrected chi connectivity index (χ0v) is 11.3. The summed E-state index contributed by atoms with van der Waals surface area (Å²) < 4.78 is 11.9. The van der Waals surface area contributed by atoms with Crippen molar-refractivity contribution in [3.8, 4) is 0 Å². The first-order chi connectivity index (χ1) is 6.27. The first-order valence-electron chi connectivity index (χ1n) is 5.59. The van der Waals surface area contributed by atoms with E-state index < -0.39 is 4.12 Å². The van der Waals surface area contributed by atoms with E-state index in [1.807, 2.05) is 0 Å². The Bertz CT molecular complexity index is 94.1. The standard InChI is InChI=1S/C11H22F.Sb/c1-2-3-4-5-6-7-8-9-10-11-12;/h11H,2-10H2,1H3;. The number of hydrogen-bond acceptors (Lipinski definition) is 0. The predicted molar refractivity (Wildman–Crippen MR) is 57.9 cm³/mol. The van der Waals surface area contributed by atoms with Crippen molar-refractivity contribution < 1.29 is 4.39 Å². The van der Waals surface area contributed by atoms with Crippen molar-refractivity contribution in [1.29, 1.82) is 0 Å². The zero-order chi connectivity index (χ0) is 9.94. The second kappa shape index (κ2) is 10.8. The van der Waals surface area contributed by atoms with Crippen LogP contribution in [0.3, 0.4) is 0 Å². The molecule has 0 N–H and O–H groups in total. The minimum atomic E-state index is -0.547. The first kappa shape index (κ1) is 13.7. The van der Waals surface area contributed by atoms with Crippen LogP contribution in [0.5, 0.6) is 0 Å². The molecule has 13 heavy (non-hydrogen) atoms. The van der Waals surface area contributed by atoms with Gasteiger partial charge in [0.05, 0.1) is 0 Å². The van der Waals surface area contributed by atoms with Crippen LogP contribution >= 0.6 is 0 Å². The third-order valence-corrected chi connectivity index (χ3v) is 3.03. The van der Waals surface area contributed by atoms with Gasteiger partial charge in [-0.1, -0.05) is 0 Å². The molecule has 0 aliphatic heterocycles. The van der Waals surface area contributed by atoms with Gasteiger partial charge in [-0.05, 0) is 0 Å². The number of rotatable bonds is 9. The minimum absolute atomic E-state index is 0.547. The average Bonchev–Trinajstić information content (AvgIpc) is 2.09. The molecule has 0 aliphatic rings. The van der Waals surface area contributed by atoms with Gasteiger partial charge in [0.2, 0.25) is 0 Å². The van der Waals surface area contributed by atoms with Gasteiger partial charge in [-0.25, -0.2) is 0 Å². The van der Waals surface area contributed by atoms with Crippen molar-refractivity contribution in [2.75, 3.05) is 0 Å². The van der Waals surface area contributed by atoms with Crippen LogP contribution in [0, 0.1) is 0 Å². The SMILES string of the molecule is CCCCCCCCCC[CH](F)[Sb]. The number of alkyl halides is 1. The van der Waals surface area contributed by atoms with Crippen LogP contribution in [0.4, 0.5) is 4.39 Å².